The lowest BCUT2D eigenvalue weighted by molar-refractivity contribution is -0.142. The first-order valence-electron chi connectivity index (χ1n) is 6.21. The summed E-state index contributed by atoms with van der Waals surface area (Å²) in [6.07, 6.45) is 2.04. The number of aliphatic carboxylic acids is 1. The van der Waals surface area contributed by atoms with E-state index in [0.29, 0.717) is 11.4 Å². The van der Waals surface area contributed by atoms with Crippen LogP contribution in [0.1, 0.15) is 33.5 Å². The van der Waals surface area contributed by atoms with Crippen LogP contribution in [-0.4, -0.2) is 36.7 Å². The molecule has 0 aliphatic heterocycles. The topological polar surface area (TPSA) is 75.6 Å². The summed E-state index contributed by atoms with van der Waals surface area (Å²) >= 11 is 1.48. The van der Waals surface area contributed by atoms with Crippen molar-refractivity contribution in [3.8, 4) is 0 Å². The fourth-order valence-corrected chi connectivity index (χ4v) is 2.62. The van der Waals surface area contributed by atoms with Crippen molar-refractivity contribution >= 4 is 23.2 Å². The van der Waals surface area contributed by atoms with Gasteiger partial charge >= 0.3 is 5.97 Å². The van der Waals surface area contributed by atoms with E-state index in [-0.39, 0.29) is 19.1 Å². The third kappa shape index (κ3) is 5.40. The molecule has 106 valence electrons. The molecule has 1 rings (SSSR count). The molecule has 0 aromatic carbocycles. The molecule has 0 saturated heterocycles. The number of thiophene rings is 1. The van der Waals surface area contributed by atoms with E-state index in [1.54, 1.807) is 0 Å². The maximum absolute atomic E-state index is 11.8. The van der Waals surface area contributed by atoms with E-state index in [2.05, 4.69) is 12.2 Å². The third-order valence-electron chi connectivity index (χ3n) is 2.52. The zero-order valence-corrected chi connectivity index (χ0v) is 12.0. The van der Waals surface area contributed by atoms with Gasteiger partial charge in [-0.3, -0.25) is 4.79 Å². The SMILES string of the molecule is CCCc1cc(C(=O)NCCOCC(=O)O)sc1C. The van der Waals surface area contributed by atoms with Crippen LogP contribution in [0, 0.1) is 6.92 Å². The minimum Gasteiger partial charge on any atom is -0.480 e. The fraction of sp³-hybridized carbons (Fsp3) is 0.538. The van der Waals surface area contributed by atoms with Crippen molar-refractivity contribution in [1.82, 2.24) is 5.32 Å². The smallest absolute Gasteiger partial charge is 0.329 e. The van der Waals surface area contributed by atoms with Crippen molar-refractivity contribution in [2.75, 3.05) is 19.8 Å². The van der Waals surface area contributed by atoms with Crippen LogP contribution in [0.25, 0.3) is 0 Å². The average Bonchev–Trinajstić information content (AvgIpc) is 2.70. The quantitative estimate of drug-likeness (QED) is 0.715. The van der Waals surface area contributed by atoms with Gasteiger partial charge in [-0.25, -0.2) is 4.79 Å². The Labute approximate surface area is 116 Å². The number of carboxylic acids is 1. The number of hydrogen-bond acceptors (Lipinski definition) is 4. The number of aryl methyl sites for hydroxylation is 2. The van der Waals surface area contributed by atoms with Gasteiger partial charge in [-0.2, -0.15) is 0 Å². The molecule has 0 aliphatic carbocycles. The third-order valence-corrected chi connectivity index (χ3v) is 3.61. The summed E-state index contributed by atoms with van der Waals surface area (Å²) in [5, 5.41) is 11.1. The fourth-order valence-electron chi connectivity index (χ4n) is 1.63. The molecule has 1 amide bonds. The zero-order valence-electron chi connectivity index (χ0n) is 11.2. The van der Waals surface area contributed by atoms with E-state index < -0.39 is 5.97 Å². The number of carboxylic acid groups (broad SMARTS) is 1. The number of carbonyl (C=O) groups is 2. The van der Waals surface area contributed by atoms with Crippen molar-refractivity contribution in [1.29, 1.82) is 0 Å². The van der Waals surface area contributed by atoms with E-state index in [4.69, 9.17) is 9.84 Å². The minimum atomic E-state index is -1.01. The molecule has 2 N–H and O–H groups in total. The largest absolute Gasteiger partial charge is 0.480 e. The molecule has 0 unspecified atom stereocenters. The number of carbonyl (C=O) groups excluding carboxylic acids is 1. The predicted molar refractivity (Wildman–Crippen MR) is 73.8 cm³/mol. The van der Waals surface area contributed by atoms with Crippen LogP contribution >= 0.6 is 11.3 Å². The Hall–Kier alpha value is -1.40. The lowest BCUT2D eigenvalue weighted by Crippen LogP contribution is -2.27. The summed E-state index contributed by atoms with van der Waals surface area (Å²) in [7, 11) is 0. The second-order valence-corrected chi connectivity index (χ2v) is 5.40. The molecule has 1 aromatic rings. The van der Waals surface area contributed by atoms with E-state index in [1.165, 1.54) is 21.8 Å². The van der Waals surface area contributed by atoms with E-state index in [9.17, 15) is 9.59 Å². The molecular weight excluding hydrogens is 266 g/mol. The number of amides is 1. The van der Waals surface area contributed by atoms with Crippen LogP contribution in [0.3, 0.4) is 0 Å². The van der Waals surface area contributed by atoms with Gasteiger partial charge in [0.15, 0.2) is 0 Å². The van der Waals surface area contributed by atoms with Crippen LogP contribution < -0.4 is 5.32 Å². The molecule has 0 atom stereocenters. The van der Waals surface area contributed by atoms with Gasteiger partial charge in [-0.1, -0.05) is 13.3 Å². The van der Waals surface area contributed by atoms with Crippen molar-refractivity contribution in [2.24, 2.45) is 0 Å². The highest BCUT2D eigenvalue weighted by Gasteiger charge is 2.11. The summed E-state index contributed by atoms with van der Waals surface area (Å²) in [5.41, 5.74) is 1.22. The van der Waals surface area contributed by atoms with Crippen molar-refractivity contribution in [3.63, 3.8) is 0 Å². The Balaban J connectivity index is 2.37. The van der Waals surface area contributed by atoms with Gasteiger partial charge in [0.1, 0.15) is 6.61 Å². The van der Waals surface area contributed by atoms with E-state index in [1.807, 2.05) is 13.0 Å². The first-order valence-corrected chi connectivity index (χ1v) is 7.03. The van der Waals surface area contributed by atoms with Gasteiger partial charge in [0.25, 0.3) is 5.91 Å². The monoisotopic (exact) mass is 285 g/mol. The van der Waals surface area contributed by atoms with Crippen molar-refractivity contribution in [3.05, 3.63) is 21.4 Å². The molecule has 0 spiro atoms. The van der Waals surface area contributed by atoms with Crippen LogP contribution in [0.15, 0.2) is 6.07 Å². The first kappa shape index (κ1) is 15.7. The second kappa shape index (κ2) is 7.91. The van der Waals surface area contributed by atoms with Crippen LogP contribution in [0.4, 0.5) is 0 Å². The maximum Gasteiger partial charge on any atom is 0.329 e. The summed E-state index contributed by atoms with van der Waals surface area (Å²) in [6.45, 7) is 4.30. The average molecular weight is 285 g/mol. The Morgan fingerprint density at radius 3 is 2.84 bits per heavy atom. The molecule has 0 radical (unpaired) electrons. The lowest BCUT2D eigenvalue weighted by Gasteiger charge is -2.03. The molecule has 19 heavy (non-hydrogen) atoms. The number of rotatable bonds is 8. The molecule has 5 nitrogen and oxygen atoms in total. The molecule has 1 heterocycles. The zero-order chi connectivity index (χ0) is 14.3. The van der Waals surface area contributed by atoms with Crippen LogP contribution in [-0.2, 0) is 16.0 Å². The predicted octanol–water partition coefficient (Wildman–Crippen LogP) is 1.84. The number of ether oxygens (including phenoxy) is 1. The molecule has 1 aromatic heterocycles. The van der Waals surface area contributed by atoms with Gasteiger partial charge in [0.2, 0.25) is 0 Å². The highest BCUT2D eigenvalue weighted by Crippen LogP contribution is 2.22. The van der Waals surface area contributed by atoms with Gasteiger partial charge in [-0.05, 0) is 25.0 Å². The summed E-state index contributed by atoms with van der Waals surface area (Å²) < 4.78 is 4.84. The Bertz CT molecular complexity index is 442. The Morgan fingerprint density at radius 1 is 1.47 bits per heavy atom. The highest BCUT2D eigenvalue weighted by atomic mass is 32.1. The van der Waals surface area contributed by atoms with E-state index in [0.717, 1.165) is 12.8 Å². The molecule has 0 fully saturated rings. The van der Waals surface area contributed by atoms with Gasteiger partial charge in [0.05, 0.1) is 11.5 Å². The minimum absolute atomic E-state index is 0.130. The maximum atomic E-state index is 11.8. The number of nitrogens with one attached hydrogen (secondary N) is 1. The summed E-state index contributed by atoms with van der Waals surface area (Å²) in [4.78, 5) is 23.9. The van der Waals surface area contributed by atoms with Crippen LogP contribution in [0.5, 0.6) is 0 Å². The molecule has 6 heteroatoms. The van der Waals surface area contributed by atoms with Gasteiger partial charge < -0.3 is 15.2 Å². The van der Waals surface area contributed by atoms with Crippen molar-refractivity contribution in [2.45, 2.75) is 26.7 Å². The van der Waals surface area contributed by atoms with Crippen LogP contribution in [0.2, 0.25) is 0 Å². The van der Waals surface area contributed by atoms with Gasteiger partial charge in [-0.15, -0.1) is 11.3 Å². The Morgan fingerprint density at radius 2 is 2.21 bits per heavy atom. The molecular formula is C13H19NO4S. The van der Waals surface area contributed by atoms with Gasteiger partial charge in [0, 0.05) is 11.4 Å². The van der Waals surface area contributed by atoms with E-state index >= 15 is 0 Å². The first-order chi connectivity index (χ1) is 9.04. The standard InChI is InChI=1S/C13H19NO4S/c1-3-4-10-7-11(19-9(10)2)13(17)14-5-6-18-8-12(15)16/h7H,3-6,8H2,1-2H3,(H,14,17)(H,15,16). The normalized spacial score (nSPS) is 10.4. The van der Waals surface area contributed by atoms with Crippen molar-refractivity contribution < 1.29 is 19.4 Å². The second-order valence-electron chi connectivity index (χ2n) is 4.14. The highest BCUT2D eigenvalue weighted by molar-refractivity contribution is 7.14. The lowest BCUT2D eigenvalue weighted by atomic mass is 10.1. The Kier molecular flexibility index (Phi) is 6.52. The summed E-state index contributed by atoms with van der Waals surface area (Å²) in [5.74, 6) is -1.14. The summed E-state index contributed by atoms with van der Waals surface area (Å²) in [6, 6.07) is 1.93. The molecule has 0 aliphatic rings. The molecule has 0 saturated carbocycles. The molecule has 0 bridgehead atoms. The number of hydrogen-bond donors (Lipinski definition) is 2.